The summed E-state index contributed by atoms with van der Waals surface area (Å²) in [6.07, 6.45) is 1.66. The fourth-order valence-corrected chi connectivity index (χ4v) is 1.38. The first kappa shape index (κ1) is 10.4. The lowest BCUT2D eigenvalue weighted by molar-refractivity contribution is 0.332. The fourth-order valence-electron chi connectivity index (χ4n) is 1.38. The largest absolute Gasteiger partial charge is 0.477 e. The highest BCUT2D eigenvalue weighted by molar-refractivity contribution is 5.58. The number of rotatable bonds is 3. The van der Waals surface area contributed by atoms with Crippen molar-refractivity contribution in [2.45, 2.75) is 0 Å². The molecule has 0 bridgehead atoms. The molecule has 0 fully saturated rings. The van der Waals surface area contributed by atoms with Crippen LogP contribution in [0, 0.1) is 0 Å². The van der Waals surface area contributed by atoms with Crippen LogP contribution >= 0.6 is 0 Å². The Morgan fingerprint density at radius 2 is 1.62 bits per heavy atom. The Hall–Kier alpha value is -2.10. The zero-order valence-corrected chi connectivity index (χ0v) is 9.18. The van der Waals surface area contributed by atoms with Crippen LogP contribution in [0.1, 0.15) is 0 Å². The molecule has 16 heavy (non-hydrogen) atoms. The maximum Gasteiger partial charge on any atom is 0.278 e. The third-order valence-corrected chi connectivity index (χ3v) is 2.17. The van der Waals surface area contributed by atoms with Crippen molar-refractivity contribution in [3.63, 3.8) is 0 Å². The molecule has 0 atom stereocenters. The normalized spacial score (nSPS) is 9.88. The van der Waals surface area contributed by atoms with Crippen LogP contribution < -0.4 is 9.47 Å². The van der Waals surface area contributed by atoms with E-state index in [1.165, 1.54) is 7.11 Å². The van der Waals surface area contributed by atoms with E-state index in [0.717, 1.165) is 11.3 Å². The molecular weight excluding hydrogens is 204 g/mol. The lowest BCUT2D eigenvalue weighted by atomic mass is 10.2. The fraction of sp³-hybridized carbons (Fsp3) is 0.167. The van der Waals surface area contributed by atoms with Crippen LogP contribution in [-0.2, 0) is 0 Å². The van der Waals surface area contributed by atoms with E-state index in [4.69, 9.17) is 9.47 Å². The lowest BCUT2D eigenvalue weighted by Gasteiger charge is -2.06. The molecule has 0 saturated heterocycles. The summed E-state index contributed by atoms with van der Waals surface area (Å²) < 4.78 is 10.1. The van der Waals surface area contributed by atoms with E-state index in [0.29, 0.717) is 11.8 Å². The number of methoxy groups -OCH3 is 2. The van der Waals surface area contributed by atoms with Gasteiger partial charge in [0.2, 0.25) is 0 Å². The Balaban J connectivity index is 2.44. The Labute approximate surface area is 93.9 Å². The standard InChI is InChI=1S/C12H12N2O2/c1-15-11-12(16-2)14-10(8-13-11)9-6-4-3-5-7-9/h3-8H,1-2H3. The summed E-state index contributed by atoms with van der Waals surface area (Å²) in [5.41, 5.74) is 1.76. The quantitative estimate of drug-likeness (QED) is 0.788. The molecule has 0 aliphatic heterocycles. The van der Waals surface area contributed by atoms with Crippen molar-refractivity contribution in [1.29, 1.82) is 0 Å². The average Bonchev–Trinajstić information content (AvgIpc) is 2.39. The summed E-state index contributed by atoms with van der Waals surface area (Å²) >= 11 is 0. The summed E-state index contributed by atoms with van der Waals surface area (Å²) in [6, 6.07) is 9.80. The summed E-state index contributed by atoms with van der Waals surface area (Å²) in [4.78, 5) is 8.46. The van der Waals surface area contributed by atoms with Gasteiger partial charge in [0.05, 0.1) is 26.1 Å². The summed E-state index contributed by atoms with van der Waals surface area (Å²) in [5, 5.41) is 0. The van der Waals surface area contributed by atoms with Crippen molar-refractivity contribution < 1.29 is 9.47 Å². The van der Waals surface area contributed by atoms with Crippen LogP contribution in [-0.4, -0.2) is 24.2 Å². The van der Waals surface area contributed by atoms with Gasteiger partial charge in [0.25, 0.3) is 11.8 Å². The number of hydrogen-bond acceptors (Lipinski definition) is 4. The Morgan fingerprint density at radius 3 is 2.25 bits per heavy atom. The smallest absolute Gasteiger partial charge is 0.278 e. The van der Waals surface area contributed by atoms with Gasteiger partial charge in [0.15, 0.2) is 0 Å². The van der Waals surface area contributed by atoms with Gasteiger partial charge < -0.3 is 9.47 Å². The van der Waals surface area contributed by atoms with Gasteiger partial charge in [0, 0.05) is 5.56 Å². The van der Waals surface area contributed by atoms with Gasteiger partial charge >= 0.3 is 0 Å². The molecule has 4 heteroatoms. The topological polar surface area (TPSA) is 44.2 Å². The van der Waals surface area contributed by atoms with E-state index in [2.05, 4.69) is 9.97 Å². The maximum atomic E-state index is 5.10. The molecule has 0 aliphatic carbocycles. The number of hydrogen-bond donors (Lipinski definition) is 0. The molecule has 0 aliphatic rings. The summed E-state index contributed by atoms with van der Waals surface area (Å²) in [5.74, 6) is 0.783. The molecule has 1 aromatic heterocycles. The Bertz CT molecular complexity index is 472. The molecule has 1 aromatic carbocycles. The first-order valence-corrected chi connectivity index (χ1v) is 4.85. The SMILES string of the molecule is COc1ncc(-c2ccccc2)nc1OC. The highest BCUT2D eigenvalue weighted by Crippen LogP contribution is 2.25. The van der Waals surface area contributed by atoms with Crippen LogP contribution in [0.2, 0.25) is 0 Å². The second-order valence-corrected chi connectivity index (χ2v) is 3.14. The van der Waals surface area contributed by atoms with Crippen LogP contribution in [0.15, 0.2) is 36.5 Å². The molecule has 0 spiro atoms. The predicted octanol–water partition coefficient (Wildman–Crippen LogP) is 2.16. The lowest BCUT2D eigenvalue weighted by Crippen LogP contribution is -1.97. The molecule has 2 rings (SSSR count). The van der Waals surface area contributed by atoms with E-state index >= 15 is 0 Å². The second-order valence-electron chi connectivity index (χ2n) is 3.14. The van der Waals surface area contributed by atoms with Crippen molar-refractivity contribution in [2.24, 2.45) is 0 Å². The minimum atomic E-state index is 0.391. The van der Waals surface area contributed by atoms with E-state index in [9.17, 15) is 0 Å². The first-order valence-electron chi connectivity index (χ1n) is 4.85. The molecule has 0 N–H and O–H groups in total. The summed E-state index contributed by atoms with van der Waals surface area (Å²) in [6.45, 7) is 0. The molecule has 1 heterocycles. The number of nitrogens with zero attached hydrogens (tertiary/aromatic N) is 2. The molecule has 0 saturated carbocycles. The number of ether oxygens (including phenoxy) is 2. The van der Waals surface area contributed by atoms with Crippen molar-refractivity contribution in [3.05, 3.63) is 36.5 Å². The minimum Gasteiger partial charge on any atom is -0.477 e. The van der Waals surface area contributed by atoms with Gasteiger partial charge in [-0.2, -0.15) is 0 Å². The van der Waals surface area contributed by atoms with Gasteiger partial charge in [-0.3, -0.25) is 0 Å². The zero-order chi connectivity index (χ0) is 11.4. The van der Waals surface area contributed by atoms with E-state index in [1.807, 2.05) is 30.3 Å². The predicted molar refractivity (Wildman–Crippen MR) is 60.6 cm³/mol. The highest BCUT2D eigenvalue weighted by Gasteiger charge is 2.08. The minimum absolute atomic E-state index is 0.391. The number of aromatic nitrogens is 2. The van der Waals surface area contributed by atoms with Gasteiger partial charge in [-0.1, -0.05) is 30.3 Å². The monoisotopic (exact) mass is 216 g/mol. The third-order valence-electron chi connectivity index (χ3n) is 2.17. The Kier molecular flexibility index (Phi) is 3.00. The number of benzene rings is 1. The van der Waals surface area contributed by atoms with Crippen LogP contribution in [0.4, 0.5) is 0 Å². The molecule has 82 valence electrons. The van der Waals surface area contributed by atoms with Gasteiger partial charge in [-0.05, 0) is 0 Å². The van der Waals surface area contributed by atoms with E-state index < -0.39 is 0 Å². The Morgan fingerprint density at radius 1 is 0.938 bits per heavy atom. The van der Waals surface area contributed by atoms with Crippen molar-refractivity contribution >= 4 is 0 Å². The van der Waals surface area contributed by atoms with Crippen LogP contribution in [0.25, 0.3) is 11.3 Å². The van der Waals surface area contributed by atoms with E-state index in [1.54, 1.807) is 13.3 Å². The van der Waals surface area contributed by atoms with Gasteiger partial charge in [0.1, 0.15) is 0 Å². The zero-order valence-electron chi connectivity index (χ0n) is 9.18. The van der Waals surface area contributed by atoms with Crippen molar-refractivity contribution in [1.82, 2.24) is 9.97 Å². The van der Waals surface area contributed by atoms with Gasteiger partial charge in [-0.15, -0.1) is 0 Å². The van der Waals surface area contributed by atoms with E-state index in [-0.39, 0.29) is 0 Å². The van der Waals surface area contributed by atoms with Crippen LogP contribution in [0.5, 0.6) is 11.8 Å². The van der Waals surface area contributed by atoms with Crippen molar-refractivity contribution in [2.75, 3.05) is 14.2 Å². The van der Waals surface area contributed by atoms with Crippen LogP contribution in [0.3, 0.4) is 0 Å². The average molecular weight is 216 g/mol. The maximum absolute atomic E-state index is 5.10. The molecule has 2 aromatic rings. The van der Waals surface area contributed by atoms with Crippen molar-refractivity contribution in [3.8, 4) is 23.0 Å². The highest BCUT2D eigenvalue weighted by atomic mass is 16.5. The third kappa shape index (κ3) is 1.95. The second kappa shape index (κ2) is 4.61. The molecular formula is C12H12N2O2. The van der Waals surface area contributed by atoms with Gasteiger partial charge in [-0.25, -0.2) is 9.97 Å². The molecule has 4 nitrogen and oxygen atoms in total. The first-order chi connectivity index (χ1) is 7.85. The molecule has 0 amide bonds. The molecule has 0 radical (unpaired) electrons. The summed E-state index contributed by atoms with van der Waals surface area (Å²) in [7, 11) is 3.08. The molecule has 0 unspecified atom stereocenters.